The zero-order chi connectivity index (χ0) is 66.7. The van der Waals surface area contributed by atoms with Crippen LogP contribution in [0.5, 0.6) is 0 Å². The number of carbonyl (C=O) groups is 3. The number of hydrogen-bond donors (Lipinski definition) is 5. The van der Waals surface area contributed by atoms with E-state index in [0.29, 0.717) is 109 Å². The second-order valence-corrected chi connectivity index (χ2v) is 29.6. The van der Waals surface area contributed by atoms with Gasteiger partial charge in [0, 0.05) is 57.2 Å². The highest BCUT2D eigenvalue weighted by Gasteiger charge is 2.33. The molecule has 5 N–H and O–H groups in total. The van der Waals surface area contributed by atoms with Gasteiger partial charge < -0.3 is 75.7 Å². The molecule has 6 aromatic rings. The maximum absolute atomic E-state index is 12.3. The van der Waals surface area contributed by atoms with Crippen LogP contribution in [0.1, 0.15) is 56.0 Å². The number of piperidine rings is 3. The smallest absolute Gasteiger partial charge is 0.411 e. The lowest BCUT2D eigenvalue weighted by molar-refractivity contribution is -0.914. The summed E-state index contributed by atoms with van der Waals surface area (Å²) in [5, 5.41) is 28.8. The van der Waals surface area contributed by atoms with Gasteiger partial charge in [0.25, 0.3) is 17.7 Å². The van der Waals surface area contributed by atoms with Crippen molar-refractivity contribution in [3.05, 3.63) is 90.3 Å². The number of anilines is 3. The maximum Gasteiger partial charge on any atom is 0.411 e. The molecule has 0 unspecified atom stereocenters. The van der Waals surface area contributed by atoms with Gasteiger partial charge in [-0.15, -0.1) is 0 Å². The number of likely N-dealkylation sites (tertiary alicyclic amines) is 3. The highest BCUT2D eigenvalue weighted by atomic mass is 127. The van der Waals surface area contributed by atoms with Crippen molar-refractivity contribution in [3.63, 3.8) is 0 Å². The van der Waals surface area contributed by atoms with Gasteiger partial charge in [-0.25, -0.2) is 49.0 Å². The van der Waals surface area contributed by atoms with E-state index >= 15 is 0 Å². The number of aryl methyl sites for hydroxylation is 3. The number of ether oxygens (including phenoxy) is 2. The Morgan fingerprint density at radius 3 is 1.30 bits per heavy atom. The first-order chi connectivity index (χ1) is 43.5. The molecule has 9 rings (SSSR count). The summed E-state index contributed by atoms with van der Waals surface area (Å²) in [5.74, 6) is 3.18. The quantitative estimate of drug-likeness (QED) is 0.0423. The number of carboxylic acid groups (broad SMARTS) is 1. The lowest BCUT2D eigenvalue weighted by Gasteiger charge is -2.40. The van der Waals surface area contributed by atoms with Crippen LogP contribution in [0, 0.1) is 38.5 Å². The predicted molar refractivity (Wildman–Crippen MR) is 341 cm³/mol. The maximum atomic E-state index is 12.3. The van der Waals surface area contributed by atoms with Crippen LogP contribution in [0.4, 0.5) is 31.4 Å². The van der Waals surface area contributed by atoms with Crippen LogP contribution in [-0.2, 0) is 39.5 Å². The van der Waals surface area contributed by atoms with Gasteiger partial charge in [0.05, 0.1) is 132 Å². The normalized spacial score (nSPS) is 19.5. The summed E-state index contributed by atoms with van der Waals surface area (Å²) < 4.78 is 103. The van der Waals surface area contributed by atoms with E-state index in [2.05, 4.69) is 74.2 Å². The average molecular weight is 1470 g/mol. The monoisotopic (exact) mass is 1470 g/mol. The molecule has 0 radical (unpaired) electrons. The molecule has 6 heterocycles. The number of aromatic nitrogens is 6. The summed E-state index contributed by atoms with van der Waals surface area (Å²) in [6.07, 6.45) is 6.44. The van der Waals surface area contributed by atoms with E-state index in [-0.39, 0.29) is 47.6 Å². The number of likely N-dealkylation sites (N-methyl/N-ethyl adjacent to an activating group) is 2. The van der Waals surface area contributed by atoms with Crippen LogP contribution in [0.3, 0.4) is 0 Å². The zero-order valence-corrected chi connectivity index (χ0v) is 58.3. The first kappa shape index (κ1) is 75.3. The fraction of sp³-hybridized carbons (Fsp3) is 0.542. The first-order valence-corrected chi connectivity index (χ1v) is 36.0. The Bertz CT molecular complexity index is 3580. The molecule has 3 aromatic heterocycles. The number of amides is 3. The molecule has 93 heavy (non-hydrogen) atoms. The predicted octanol–water partition coefficient (Wildman–Crippen LogP) is 1.46. The Kier molecular flexibility index (Phi) is 28.0. The van der Waals surface area contributed by atoms with Crippen LogP contribution in [0.15, 0.2) is 86.4 Å². The van der Waals surface area contributed by atoms with Gasteiger partial charge in [0.2, 0.25) is 30.1 Å². The fourth-order valence-electron chi connectivity index (χ4n) is 10.9. The number of halogens is 1. The minimum atomic E-state index is -3.19. The largest absolute Gasteiger partial charge is 1.00 e. The van der Waals surface area contributed by atoms with Crippen LogP contribution in [0.2, 0.25) is 0 Å². The van der Waals surface area contributed by atoms with Crippen LogP contribution in [0.25, 0.3) is 34.4 Å². The summed E-state index contributed by atoms with van der Waals surface area (Å²) in [6.45, 7) is 14.7. The molecular formula is C59H86IN15O15S3. The van der Waals surface area contributed by atoms with Crippen molar-refractivity contribution < 1.29 is 101 Å². The molecular weight excluding hydrogens is 1380 g/mol. The molecule has 30 nitrogen and oxygen atoms in total. The van der Waals surface area contributed by atoms with E-state index in [1.54, 1.807) is 81.4 Å². The molecule has 3 fully saturated rings. The summed E-state index contributed by atoms with van der Waals surface area (Å²) >= 11 is 0. The van der Waals surface area contributed by atoms with E-state index < -0.39 is 48.3 Å². The summed E-state index contributed by atoms with van der Waals surface area (Å²) in [5.41, 5.74) is 3.36. The molecule has 3 saturated heterocycles. The second-order valence-electron chi connectivity index (χ2n) is 24.1. The number of benzene rings is 3. The molecule has 34 heteroatoms. The highest BCUT2D eigenvalue weighted by molar-refractivity contribution is 7.89. The van der Waals surface area contributed by atoms with Crippen molar-refractivity contribution in [1.29, 1.82) is 0 Å². The van der Waals surface area contributed by atoms with Gasteiger partial charge in [-0.1, -0.05) is 51.9 Å². The van der Waals surface area contributed by atoms with Crippen LogP contribution in [-0.4, -0.2) is 219 Å². The molecule has 0 saturated carbocycles. The Morgan fingerprint density at radius 1 is 0.559 bits per heavy atom. The topological polar surface area (TPSA) is 379 Å². The minimum Gasteiger partial charge on any atom is -1.00 e. The van der Waals surface area contributed by atoms with Crippen molar-refractivity contribution in [3.8, 4) is 34.4 Å². The third kappa shape index (κ3) is 25.5. The number of hydrogen-bond acceptors (Lipinski definition) is 22. The van der Waals surface area contributed by atoms with E-state index in [4.69, 9.17) is 23.0 Å². The van der Waals surface area contributed by atoms with E-state index in [1.165, 1.54) is 17.4 Å². The van der Waals surface area contributed by atoms with Crippen molar-refractivity contribution in [1.82, 2.24) is 49.5 Å². The minimum absolute atomic E-state index is 0. The molecule has 3 aromatic carbocycles. The lowest BCUT2D eigenvalue weighted by atomic mass is 9.95. The van der Waals surface area contributed by atoms with E-state index in [0.717, 1.165) is 106 Å². The molecule has 0 aliphatic carbocycles. The zero-order valence-electron chi connectivity index (χ0n) is 53.7. The molecule has 3 amide bonds. The van der Waals surface area contributed by atoms with Gasteiger partial charge in [0.15, 0.2) is 17.5 Å². The van der Waals surface area contributed by atoms with Gasteiger partial charge in [0.1, 0.15) is 6.09 Å². The lowest BCUT2D eigenvalue weighted by Crippen LogP contribution is -3.00. The van der Waals surface area contributed by atoms with Gasteiger partial charge >= 0.3 is 12.2 Å². The summed E-state index contributed by atoms with van der Waals surface area (Å²) in [4.78, 5) is 52.6. The second kappa shape index (κ2) is 34.6. The summed E-state index contributed by atoms with van der Waals surface area (Å²) in [7, 11) is -5.26. The third-order valence-electron chi connectivity index (χ3n) is 16.2. The number of carbonyl (C=O) groups excluding carboxylic acids is 3. The molecule has 3 aliphatic rings. The Morgan fingerprint density at radius 2 is 0.925 bits per heavy atom. The summed E-state index contributed by atoms with van der Waals surface area (Å²) in [6, 6.07) is 21.4. The van der Waals surface area contributed by atoms with Gasteiger partial charge in [-0.05, 0) is 89.0 Å². The number of nitrogens with one attached hydrogen (secondary N) is 5. The van der Waals surface area contributed by atoms with Gasteiger partial charge in [-0.2, -0.15) is 15.0 Å². The molecule has 512 valence electrons. The van der Waals surface area contributed by atoms with Crippen molar-refractivity contribution in [2.24, 2.45) is 17.8 Å². The standard InChI is InChI=1S/2C20H29N5O5S.C19H27N5O5S.HI/c2*1-15-22-19(30-24-15)17-6-4-5-7-18(17)23-20(26)29-14-16-8-11-25(2,12-9-16)13-10-21-31(3,27)28;1-14-21-18(29-22-14)16-5-3-4-6-17(16)24(19(25)26)13-15-7-10-23(11-8-15)12-9-20-30(2,27)28;/h2*4-7,16,21H,8-14H2,1-3H3;3-6,15,20H,7-13H2,1-2H3,(H,25,26);1H. The van der Waals surface area contributed by atoms with Crippen LogP contribution < -0.4 is 58.8 Å². The molecule has 0 atom stereocenters. The Hall–Kier alpha value is -6.77. The van der Waals surface area contributed by atoms with E-state index in [9.17, 15) is 44.7 Å². The molecule has 0 spiro atoms. The van der Waals surface area contributed by atoms with E-state index in [1.807, 2.05) is 12.1 Å². The average Bonchev–Trinajstić information content (AvgIpc) is 1.87. The number of nitrogens with zero attached hydrogens (tertiary/aromatic N) is 10. The van der Waals surface area contributed by atoms with Gasteiger partial charge in [-0.3, -0.25) is 10.6 Å². The third-order valence-corrected chi connectivity index (χ3v) is 18.4. The Balaban J connectivity index is 0.000000220. The van der Waals surface area contributed by atoms with Crippen molar-refractivity contribution >= 4 is 65.4 Å². The van der Waals surface area contributed by atoms with Crippen molar-refractivity contribution in [2.45, 2.75) is 59.3 Å². The number of sulfonamides is 3. The number of rotatable bonds is 24. The molecule has 0 bridgehead atoms. The van der Waals surface area contributed by atoms with Crippen molar-refractivity contribution in [2.75, 3.05) is 147 Å². The fourth-order valence-corrected chi connectivity index (χ4v) is 12.3. The molecule has 3 aliphatic heterocycles. The SMILES string of the molecule is Cc1noc(-c2ccccc2N(CC2CCN(CCNS(C)(=O)=O)CC2)C(=O)[O-])n1.Cc1noc(-c2ccccc2NC(=O)OCC2CC[N+](C)(CCNS(C)(=O)=O)CC2)n1.Cc1noc(-c2ccccc2NC(=O)OCC2CC[N+](C)(CCNS(C)(=O)=O)CC2)n1.[I-]. The number of quaternary nitrogens is 2. The highest BCUT2D eigenvalue weighted by Crippen LogP contribution is 2.33. The Labute approximate surface area is 560 Å². The number of para-hydroxylation sites is 3. The first-order valence-electron chi connectivity index (χ1n) is 30.3. The van der Waals surface area contributed by atoms with Crippen LogP contribution >= 0.6 is 0 Å².